The number of anilines is 1. The van der Waals surface area contributed by atoms with Gasteiger partial charge in [-0.25, -0.2) is 4.79 Å². The van der Waals surface area contributed by atoms with Crippen LogP contribution in [-0.2, 0) is 11.0 Å². The number of halogens is 3. The fourth-order valence-electron chi connectivity index (χ4n) is 2.10. The molecule has 4 nitrogen and oxygen atoms in total. The van der Waals surface area contributed by atoms with E-state index in [4.69, 9.17) is 10.4 Å². The van der Waals surface area contributed by atoms with E-state index in [1.165, 1.54) is 0 Å². The van der Waals surface area contributed by atoms with Crippen LogP contribution in [0.5, 0.6) is 0 Å². The summed E-state index contributed by atoms with van der Waals surface area (Å²) in [5.41, 5.74) is -2.21. The molecule has 0 unspecified atom stereocenters. The first-order chi connectivity index (χ1) is 9.28. The highest BCUT2D eigenvalue weighted by molar-refractivity contribution is 5.84. The van der Waals surface area contributed by atoms with Crippen molar-refractivity contribution in [3.05, 3.63) is 29.3 Å². The third-order valence-electron chi connectivity index (χ3n) is 3.46. The number of aliphatic carboxylic acids is 1. The number of hydrogen-bond acceptors (Lipinski definition) is 3. The van der Waals surface area contributed by atoms with Gasteiger partial charge in [0.1, 0.15) is 11.6 Å². The molecule has 0 heterocycles. The Kier molecular flexibility index (Phi) is 3.34. The molecule has 0 amide bonds. The van der Waals surface area contributed by atoms with Gasteiger partial charge in [-0.2, -0.15) is 18.4 Å². The van der Waals surface area contributed by atoms with Crippen molar-refractivity contribution in [2.45, 2.75) is 31.0 Å². The Morgan fingerprint density at radius 2 is 2.05 bits per heavy atom. The number of carboxylic acids is 1. The molecule has 1 aromatic rings. The zero-order valence-corrected chi connectivity index (χ0v) is 10.3. The summed E-state index contributed by atoms with van der Waals surface area (Å²) < 4.78 is 37.7. The molecule has 20 heavy (non-hydrogen) atoms. The molecule has 1 aliphatic carbocycles. The van der Waals surface area contributed by atoms with Crippen LogP contribution in [0.4, 0.5) is 18.9 Å². The van der Waals surface area contributed by atoms with Gasteiger partial charge in [0, 0.05) is 0 Å². The average molecular weight is 284 g/mol. The molecule has 0 aliphatic heterocycles. The quantitative estimate of drug-likeness (QED) is 0.895. The van der Waals surface area contributed by atoms with Crippen LogP contribution in [-0.4, -0.2) is 16.6 Å². The van der Waals surface area contributed by atoms with Crippen molar-refractivity contribution >= 4 is 11.7 Å². The zero-order valence-electron chi connectivity index (χ0n) is 10.3. The standard InChI is InChI=1S/C13H11F3N2O2/c14-13(15,16)9-2-3-10(8(6-9)7-17)18-12(11(19)20)4-1-5-12/h2-3,6,18H,1,4-5H2,(H,19,20). The van der Waals surface area contributed by atoms with Gasteiger partial charge in [0.2, 0.25) is 0 Å². The monoisotopic (exact) mass is 284 g/mol. The lowest BCUT2D eigenvalue weighted by Gasteiger charge is -2.39. The molecule has 0 bridgehead atoms. The third-order valence-corrected chi connectivity index (χ3v) is 3.46. The van der Waals surface area contributed by atoms with Gasteiger partial charge in [-0.1, -0.05) is 0 Å². The number of nitrogens with one attached hydrogen (secondary N) is 1. The van der Waals surface area contributed by atoms with Crippen molar-refractivity contribution < 1.29 is 23.1 Å². The second kappa shape index (κ2) is 4.71. The minimum absolute atomic E-state index is 0.114. The maximum atomic E-state index is 12.6. The van der Waals surface area contributed by atoms with E-state index in [1.54, 1.807) is 6.07 Å². The van der Waals surface area contributed by atoms with E-state index in [0.29, 0.717) is 12.8 Å². The van der Waals surface area contributed by atoms with Gasteiger partial charge >= 0.3 is 12.1 Å². The Morgan fingerprint density at radius 3 is 2.45 bits per heavy atom. The van der Waals surface area contributed by atoms with Gasteiger partial charge in [0.15, 0.2) is 0 Å². The first-order valence-electron chi connectivity index (χ1n) is 5.91. The van der Waals surface area contributed by atoms with Crippen LogP contribution in [0.2, 0.25) is 0 Å². The second-order valence-electron chi connectivity index (χ2n) is 4.74. The highest BCUT2D eigenvalue weighted by Crippen LogP contribution is 2.38. The molecular formula is C13H11F3N2O2. The predicted molar refractivity (Wildman–Crippen MR) is 64.0 cm³/mol. The number of rotatable bonds is 3. The zero-order chi connectivity index (χ0) is 15.0. The number of alkyl halides is 3. The molecule has 1 fully saturated rings. The summed E-state index contributed by atoms with van der Waals surface area (Å²) in [6.45, 7) is 0. The summed E-state index contributed by atoms with van der Waals surface area (Å²) in [4.78, 5) is 11.2. The normalized spacial score (nSPS) is 16.9. The highest BCUT2D eigenvalue weighted by Gasteiger charge is 2.45. The largest absolute Gasteiger partial charge is 0.480 e. The van der Waals surface area contributed by atoms with Crippen LogP contribution < -0.4 is 5.32 Å². The second-order valence-corrected chi connectivity index (χ2v) is 4.74. The smallest absolute Gasteiger partial charge is 0.416 e. The summed E-state index contributed by atoms with van der Waals surface area (Å²) in [6, 6.07) is 4.31. The molecular weight excluding hydrogens is 273 g/mol. The molecule has 1 saturated carbocycles. The minimum Gasteiger partial charge on any atom is -0.480 e. The van der Waals surface area contributed by atoms with Crippen LogP contribution in [0.25, 0.3) is 0 Å². The Hall–Kier alpha value is -2.23. The maximum Gasteiger partial charge on any atom is 0.416 e. The van der Waals surface area contributed by atoms with Crippen molar-refractivity contribution in [2.24, 2.45) is 0 Å². The minimum atomic E-state index is -4.54. The predicted octanol–water partition coefficient (Wildman–Crippen LogP) is 3.00. The lowest BCUT2D eigenvalue weighted by atomic mass is 9.76. The summed E-state index contributed by atoms with van der Waals surface area (Å²) in [7, 11) is 0. The molecule has 0 aromatic heterocycles. The number of carbonyl (C=O) groups is 1. The third kappa shape index (κ3) is 2.41. The highest BCUT2D eigenvalue weighted by atomic mass is 19.4. The Morgan fingerprint density at radius 1 is 1.40 bits per heavy atom. The lowest BCUT2D eigenvalue weighted by molar-refractivity contribution is -0.145. The van der Waals surface area contributed by atoms with E-state index in [9.17, 15) is 18.0 Å². The summed E-state index contributed by atoms with van der Waals surface area (Å²) in [5, 5.41) is 20.8. The topological polar surface area (TPSA) is 73.1 Å². The van der Waals surface area contributed by atoms with E-state index in [1.807, 2.05) is 0 Å². The first kappa shape index (κ1) is 14.2. The fraction of sp³-hybridized carbons (Fsp3) is 0.385. The average Bonchev–Trinajstić information content (AvgIpc) is 2.32. The Bertz CT molecular complexity index is 586. The number of nitrogens with zero attached hydrogens (tertiary/aromatic N) is 1. The lowest BCUT2D eigenvalue weighted by Crippen LogP contribution is -2.52. The first-order valence-corrected chi connectivity index (χ1v) is 5.91. The van der Waals surface area contributed by atoms with Crippen molar-refractivity contribution in [1.29, 1.82) is 5.26 Å². The Balaban J connectivity index is 2.34. The summed E-state index contributed by atoms with van der Waals surface area (Å²) in [6.07, 6.45) is -3.05. The molecule has 7 heteroatoms. The number of hydrogen-bond donors (Lipinski definition) is 2. The number of benzene rings is 1. The number of carboxylic acid groups (broad SMARTS) is 1. The molecule has 2 N–H and O–H groups in total. The SMILES string of the molecule is N#Cc1cc(C(F)(F)F)ccc1NC1(C(=O)O)CCC1. The van der Waals surface area contributed by atoms with E-state index in [-0.39, 0.29) is 11.3 Å². The molecule has 1 aromatic carbocycles. The molecule has 0 spiro atoms. The molecule has 2 rings (SSSR count). The molecule has 0 atom stereocenters. The van der Waals surface area contributed by atoms with Gasteiger partial charge in [0.05, 0.1) is 16.8 Å². The number of nitriles is 1. The van der Waals surface area contributed by atoms with E-state index in [2.05, 4.69) is 5.32 Å². The van der Waals surface area contributed by atoms with Crippen molar-refractivity contribution in [3.63, 3.8) is 0 Å². The van der Waals surface area contributed by atoms with Crippen molar-refractivity contribution in [3.8, 4) is 6.07 Å². The van der Waals surface area contributed by atoms with Crippen LogP contribution in [0.3, 0.4) is 0 Å². The van der Waals surface area contributed by atoms with E-state index < -0.39 is 23.2 Å². The van der Waals surface area contributed by atoms with Gasteiger partial charge in [0.25, 0.3) is 0 Å². The maximum absolute atomic E-state index is 12.6. The molecule has 1 aliphatic rings. The van der Waals surface area contributed by atoms with Crippen molar-refractivity contribution in [2.75, 3.05) is 5.32 Å². The van der Waals surface area contributed by atoms with Crippen molar-refractivity contribution in [1.82, 2.24) is 0 Å². The van der Waals surface area contributed by atoms with Crippen LogP contribution >= 0.6 is 0 Å². The van der Waals surface area contributed by atoms with E-state index in [0.717, 1.165) is 24.6 Å². The molecule has 106 valence electrons. The Labute approximate surface area is 112 Å². The summed E-state index contributed by atoms with van der Waals surface area (Å²) >= 11 is 0. The molecule has 0 saturated heterocycles. The van der Waals surface area contributed by atoms with E-state index >= 15 is 0 Å². The van der Waals surface area contributed by atoms with Gasteiger partial charge in [-0.3, -0.25) is 0 Å². The van der Waals surface area contributed by atoms with Crippen LogP contribution in [0.15, 0.2) is 18.2 Å². The van der Waals surface area contributed by atoms with Crippen LogP contribution in [0.1, 0.15) is 30.4 Å². The van der Waals surface area contributed by atoms with Gasteiger partial charge in [-0.05, 0) is 37.5 Å². The van der Waals surface area contributed by atoms with Crippen LogP contribution in [0, 0.1) is 11.3 Å². The fourth-order valence-corrected chi connectivity index (χ4v) is 2.10. The van der Waals surface area contributed by atoms with Gasteiger partial charge in [-0.15, -0.1) is 0 Å². The van der Waals surface area contributed by atoms with Gasteiger partial charge < -0.3 is 10.4 Å². The summed E-state index contributed by atoms with van der Waals surface area (Å²) in [5.74, 6) is -1.06. The molecule has 0 radical (unpaired) electrons.